The maximum atomic E-state index is 12.1. The number of nitrogens with zero attached hydrogens (tertiary/aromatic N) is 1. The molecule has 7 heteroatoms. The summed E-state index contributed by atoms with van der Waals surface area (Å²) in [5, 5.41) is 15.9. The summed E-state index contributed by atoms with van der Waals surface area (Å²) < 4.78 is 10.7. The molecule has 0 radical (unpaired) electrons. The van der Waals surface area contributed by atoms with Gasteiger partial charge in [-0.1, -0.05) is 0 Å². The Bertz CT molecular complexity index is 646. The van der Waals surface area contributed by atoms with Crippen molar-refractivity contribution >= 4 is 6.03 Å². The molecule has 2 amide bonds. The van der Waals surface area contributed by atoms with E-state index in [1.165, 1.54) is 6.26 Å². The number of urea groups is 1. The van der Waals surface area contributed by atoms with Gasteiger partial charge in [-0.05, 0) is 57.1 Å². The highest BCUT2D eigenvalue weighted by atomic mass is 16.4. The molecule has 3 rings (SSSR count). The van der Waals surface area contributed by atoms with E-state index in [9.17, 15) is 9.90 Å². The van der Waals surface area contributed by atoms with Gasteiger partial charge in [0.1, 0.15) is 17.1 Å². The fourth-order valence-electron chi connectivity index (χ4n) is 3.12. The van der Waals surface area contributed by atoms with Crippen molar-refractivity contribution in [2.45, 2.75) is 31.4 Å². The van der Waals surface area contributed by atoms with Crippen LogP contribution in [0.15, 0.2) is 45.6 Å². The molecule has 3 heterocycles. The Morgan fingerprint density at radius 2 is 1.96 bits per heavy atom. The number of amides is 2. The summed E-state index contributed by atoms with van der Waals surface area (Å²) in [6.07, 6.45) is 5.47. The van der Waals surface area contributed by atoms with Crippen LogP contribution in [0.4, 0.5) is 4.79 Å². The Labute approximate surface area is 147 Å². The van der Waals surface area contributed by atoms with E-state index in [0.717, 1.165) is 31.7 Å². The molecule has 1 aliphatic heterocycles. The van der Waals surface area contributed by atoms with Crippen molar-refractivity contribution < 1.29 is 18.7 Å². The molecule has 0 aromatic carbocycles. The van der Waals surface area contributed by atoms with Crippen molar-refractivity contribution in [3.63, 3.8) is 0 Å². The van der Waals surface area contributed by atoms with Crippen LogP contribution >= 0.6 is 0 Å². The number of furan rings is 2. The molecule has 7 nitrogen and oxygen atoms in total. The molecule has 3 N–H and O–H groups in total. The Kier molecular flexibility index (Phi) is 5.45. The van der Waals surface area contributed by atoms with Crippen LogP contribution in [0, 0.1) is 0 Å². The molecule has 136 valence electrons. The van der Waals surface area contributed by atoms with E-state index in [0.29, 0.717) is 12.3 Å². The first-order valence-corrected chi connectivity index (χ1v) is 8.62. The van der Waals surface area contributed by atoms with Crippen molar-refractivity contribution in [1.82, 2.24) is 15.5 Å². The number of nitrogens with one attached hydrogen (secondary N) is 2. The highest BCUT2D eigenvalue weighted by Crippen LogP contribution is 2.25. The standard InChI is InChI=1S/C18H25N3O4/c1-18(23,16-7-5-11-25-16)13-20-17(22)19-12-14(15-6-4-10-24-15)21-8-2-3-9-21/h4-7,10-11,14,23H,2-3,8-9,12-13H2,1H3,(H2,19,20,22). The lowest BCUT2D eigenvalue weighted by Gasteiger charge is -2.26. The van der Waals surface area contributed by atoms with Gasteiger partial charge < -0.3 is 24.6 Å². The molecule has 0 bridgehead atoms. The molecule has 0 spiro atoms. The second kappa shape index (κ2) is 7.76. The van der Waals surface area contributed by atoms with Crippen LogP contribution in [0.25, 0.3) is 0 Å². The summed E-state index contributed by atoms with van der Waals surface area (Å²) >= 11 is 0. The van der Waals surface area contributed by atoms with Crippen LogP contribution in [-0.4, -0.2) is 42.2 Å². The van der Waals surface area contributed by atoms with Crippen molar-refractivity contribution in [2.24, 2.45) is 0 Å². The van der Waals surface area contributed by atoms with Crippen LogP contribution in [0.5, 0.6) is 0 Å². The average Bonchev–Trinajstić information content (AvgIpc) is 3.35. The van der Waals surface area contributed by atoms with E-state index in [1.54, 1.807) is 25.3 Å². The zero-order valence-corrected chi connectivity index (χ0v) is 14.4. The van der Waals surface area contributed by atoms with Crippen LogP contribution in [-0.2, 0) is 5.60 Å². The second-order valence-electron chi connectivity index (χ2n) is 6.59. The zero-order valence-electron chi connectivity index (χ0n) is 14.4. The number of hydrogen-bond donors (Lipinski definition) is 3. The zero-order chi connectivity index (χ0) is 17.7. The molecule has 0 saturated carbocycles. The van der Waals surface area contributed by atoms with Gasteiger partial charge in [0.2, 0.25) is 0 Å². The predicted molar refractivity (Wildman–Crippen MR) is 91.9 cm³/mol. The normalized spacial score (nSPS) is 18.6. The molecular weight excluding hydrogens is 322 g/mol. The molecule has 25 heavy (non-hydrogen) atoms. The molecule has 1 aliphatic rings. The lowest BCUT2D eigenvalue weighted by molar-refractivity contribution is 0.0367. The Balaban J connectivity index is 1.51. The van der Waals surface area contributed by atoms with E-state index < -0.39 is 5.60 Å². The molecule has 2 atom stereocenters. The molecule has 2 unspecified atom stereocenters. The third kappa shape index (κ3) is 4.43. The van der Waals surface area contributed by atoms with Crippen LogP contribution < -0.4 is 10.6 Å². The highest BCUT2D eigenvalue weighted by molar-refractivity contribution is 5.74. The summed E-state index contributed by atoms with van der Waals surface area (Å²) in [7, 11) is 0. The van der Waals surface area contributed by atoms with Crippen LogP contribution in [0.3, 0.4) is 0 Å². The third-order valence-corrected chi connectivity index (χ3v) is 4.55. The van der Waals surface area contributed by atoms with E-state index in [-0.39, 0.29) is 18.6 Å². The number of carbonyl (C=O) groups excluding carboxylic acids is 1. The quantitative estimate of drug-likeness (QED) is 0.714. The molecular formula is C18H25N3O4. The van der Waals surface area contributed by atoms with Gasteiger partial charge in [-0.3, -0.25) is 4.90 Å². The number of likely N-dealkylation sites (tertiary alicyclic amines) is 1. The molecule has 2 aromatic rings. The summed E-state index contributed by atoms with van der Waals surface area (Å²) in [6.45, 7) is 4.11. The maximum Gasteiger partial charge on any atom is 0.314 e. The minimum absolute atomic E-state index is 0.0221. The summed E-state index contributed by atoms with van der Waals surface area (Å²) in [6, 6.07) is 6.87. The number of hydrogen-bond acceptors (Lipinski definition) is 5. The van der Waals surface area contributed by atoms with Crippen LogP contribution in [0.1, 0.15) is 37.3 Å². The van der Waals surface area contributed by atoms with Gasteiger partial charge in [0.15, 0.2) is 0 Å². The minimum Gasteiger partial charge on any atom is -0.468 e. The van der Waals surface area contributed by atoms with Crippen LogP contribution in [0.2, 0.25) is 0 Å². The van der Waals surface area contributed by atoms with Gasteiger partial charge in [0.25, 0.3) is 0 Å². The Morgan fingerprint density at radius 1 is 1.24 bits per heavy atom. The largest absolute Gasteiger partial charge is 0.468 e. The van der Waals surface area contributed by atoms with Gasteiger partial charge in [-0.15, -0.1) is 0 Å². The number of aliphatic hydroxyl groups is 1. The average molecular weight is 347 g/mol. The van der Waals surface area contributed by atoms with Gasteiger partial charge in [-0.2, -0.15) is 0 Å². The van der Waals surface area contributed by atoms with Crippen molar-refractivity contribution in [3.05, 3.63) is 48.3 Å². The van der Waals surface area contributed by atoms with Gasteiger partial charge in [0, 0.05) is 6.54 Å². The Hall–Kier alpha value is -2.25. The van der Waals surface area contributed by atoms with E-state index in [2.05, 4.69) is 15.5 Å². The highest BCUT2D eigenvalue weighted by Gasteiger charge is 2.28. The smallest absolute Gasteiger partial charge is 0.314 e. The number of rotatable bonds is 7. The summed E-state index contributed by atoms with van der Waals surface area (Å²) in [4.78, 5) is 14.5. The molecule has 0 aliphatic carbocycles. The SMILES string of the molecule is CC(O)(CNC(=O)NCC(c1ccco1)N1CCCC1)c1ccco1. The van der Waals surface area contributed by atoms with E-state index >= 15 is 0 Å². The first kappa shape index (κ1) is 17.6. The monoisotopic (exact) mass is 347 g/mol. The molecule has 1 saturated heterocycles. The summed E-state index contributed by atoms with van der Waals surface area (Å²) in [5.74, 6) is 1.27. The van der Waals surface area contributed by atoms with E-state index in [1.807, 2.05) is 12.1 Å². The fraction of sp³-hybridized carbons (Fsp3) is 0.500. The van der Waals surface area contributed by atoms with Gasteiger partial charge >= 0.3 is 6.03 Å². The first-order valence-electron chi connectivity index (χ1n) is 8.62. The van der Waals surface area contributed by atoms with Crippen molar-refractivity contribution in [2.75, 3.05) is 26.2 Å². The van der Waals surface area contributed by atoms with E-state index in [4.69, 9.17) is 8.83 Å². The molecule has 1 fully saturated rings. The Morgan fingerprint density at radius 3 is 2.60 bits per heavy atom. The maximum absolute atomic E-state index is 12.1. The van der Waals surface area contributed by atoms with Crippen molar-refractivity contribution in [3.8, 4) is 0 Å². The topological polar surface area (TPSA) is 90.9 Å². The van der Waals surface area contributed by atoms with Gasteiger partial charge in [0.05, 0.1) is 25.1 Å². The predicted octanol–water partition coefficient (Wildman–Crippen LogP) is 2.22. The third-order valence-electron chi connectivity index (χ3n) is 4.55. The lowest BCUT2D eigenvalue weighted by Crippen LogP contribution is -2.45. The molecule has 2 aromatic heterocycles. The number of carbonyl (C=O) groups is 1. The minimum atomic E-state index is -1.25. The fourth-order valence-corrected chi connectivity index (χ4v) is 3.12. The van der Waals surface area contributed by atoms with Crippen molar-refractivity contribution in [1.29, 1.82) is 0 Å². The first-order chi connectivity index (χ1) is 12.1. The summed E-state index contributed by atoms with van der Waals surface area (Å²) in [5.41, 5.74) is -1.25. The second-order valence-corrected chi connectivity index (χ2v) is 6.59. The lowest BCUT2D eigenvalue weighted by atomic mass is 10.0. The van der Waals surface area contributed by atoms with Gasteiger partial charge in [-0.25, -0.2) is 4.79 Å².